The second-order valence-electron chi connectivity index (χ2n) is 8.82. The molecule has 1 aliphatic heterocycles. The summed E-state index contributed by atoms with van der Waals surface area (Å²) in [6.07, 6.45) is 0. The molecule has 4 aromatic rings. The van der Waals surface area contributed by atoms with E-state index in [1.54, 1.807) is 22.8 Å². The second-order valence-corrected chi connectivity index (χ2v) is 8.82. The molecule has 1 saturated heterocycles. The van der Waals surface area contributed by atoms with Crippen molar-refractivity contribution < 1.29 is 9.53 Å². The highest BCUT2D eigenvalue weighted by Crippen LogP contribution is 2.22. The minimum atomic E-state index is -0.449. The van der Waals surface area contributed by atoms with Crippen LogP contribution in [-0.2, 0) is 11.3 Å². The SMILES string of the molecule is COC(=O)c1ccc2c(=O)n(Cc3ccc(C)cc3)c(N3CCN(c4ccccc4)CC3)nc2c1. The van der Waals surface area contributed by atoms with Crippen molar-refractivity contribution in [2.24, 2.45) is 0 Å². The lowest BCUT2D eigenvalue weighted by molar-refractivity contribution is 0.0601. The highest BCUT2D eigenvalue weighted by atomic mass is 16.5. The van der Waals surface area contributed by atoms with Crippen molar-refractivity contribution in [1.82, 2.24) is 9.55 Å². The molecule has 2 heterocycles. The minimum Gasteiger partial charge on any atom is -0.465 e. The lowest BCUT2D eigenvalue weighted by atomic mass is 10.1. The van der Waals surface area contributed by atoms with Crippen LogP contribution < -0.4 is 15.4 Å². The third kappa shape index (κ3) is 4.62. The Labute approximate surface area is 204 Å². The monoisotopic (exact) mass is 468 g/mol. The van der Waals surface area contributed by atoms with Crippen molar-refractivity contribution in [2.45, 2.75) is 13.5 Å². The van der Waals surface area contributed by atoms with Crippen LogP contribution in [0.1, 0.15) is 21.5 Å². The average Bonchev–Trinajstić information content (AvgIpc) is 2.91. The summed E-state index contributed by atoms with van der Waals surface area (Å²) in [7, 11) is 1.34. The van der Waals surface area contributed by atoms with E-state index < -0.39 is 5.97 Å². The number of hydrogen-bond acceptors (Lipinski definition) is 6. The molecule has 0 saturated carbocycles. The van der Waals surface area contributed by atoms with E-state index in [1.165, 1.54) is 18.4 Å². The van der Waals surface area contributed by atoms with Gasteiger partial charge in [-0.05, 0) is 42.8 Å². The van der Waals surface area contributed by atoms with Gasteiger partial charge in [0.15, 0.2) is 0 Å². The Morgan fingerprint density at radius 2 is 1.60 bits per heavy atom. The number of carbonyl (C=O) groups is 1. The number of aryl methyl sites for hydroxylation is 1. The van der Waals surface area contributed by atoms with Crippen molar-refractivity contribution in [2.75, 3.05) is 43.1 Å². The van der Waals surface area contributed by atoms with Crippen LogP contribution in [0.25, 0.3) is 10.9 Å². The van der Waals surface area contributed by atoms with Gasteiger partial charge in [0.1, 0.15) is 0 Å². The zero-order chi connectivity index (χ0) is 24.4. The molecule has 0 radical (unpaired) electrons. The summed E-state index contributed by atoms with van der Waals surface area (Å²) in [5.74, 6) is 0.174. The Morgan fingerprint density at radius 3 is 2.29 bits per heavy atom. The molecule has 7 nitrogen and oxygen atoms in total. The summed E-state index contributed by atoms with van der Waals surface area (Å²) in [4.78, 5) is 35.2. The third-order valence-corrected chi connectivity index (χ3v) is 6.50. The Hall–Kier alpha value is -4.13. The van der Waals surface area contributed by atoms with Gasteiger partial charge in [-0.3, -0.25) is 9.36 Å². The molecule has 35 heavy (non-hydrogen) atoms. The van der Waals surface area contributed by atoms with Gasteiger partial charge in [-0.25, -0.2) is 9.78 Å². The predicted octanol–water partition coefficient (Wildman–Crippen LogP) is 3.87. The zero-order valence-corrected chi connectivity index (χ0v) is 20.0. The van der Waals surface area contributed by atoms with Gasteiger partial charge in [0, 0.05) is 31.9 Å². The number of rotatable bonds is 5. The number of piperazine rings is 1. The molecule has 0 unspecified atom stereocenters. The second kappa shape index (κ2) is 9.62. The van der Waals surface area contributed by atoms with Crippen molar-refractivity contribution in [3.8, 4) is 0 Å². The van der Waals surface area contributed by atoms with Crippen LogP contribution in [0.4, 0.5) is 11.6 Å². The first-order valence-electron chi connectivity index (χ1n) is 11.8. The number of para-hydroxylation sites is 1. The van der Waals surface area contributed by atoms with E-state index in [-0.39, 0.29) is 5.56 Å². The molecule has 7 heteroatoms. The molecular weight excluding hydrogens is 440 g/mol. The first-order valence-corrected chi connectivity index (χ1v) is 11.8. The van der Waals surface area contributed by atoms with Crippen LogP contribution in [0.5, 0.6) is 0 Å². The predicted molar refractivity (Wildman–Crippen MR) is 138 cm³/mol. The molecule has 0 amide bonds. The largest absolute Gasteiger partial charge is 0.465 e. The van der Waals surface area contributed by atoms with Gasteiger partial charge < -0.3 is 14.5 Å². The molecule has 0 N–H and O–H groups in total. The van der Waals surface area contributed by atoms with E-state index in [0.29, 0.717) is 29.0 Å². The van der Waals surface area contributed by atoms with Gasteiger partial charge in [-0.2, -0.15) is 0 Å². The lowest BCUT2D eigenvalue weighted by Crippen LogP contribution is -2.48. The fourth-order valence-corrected chi connectivity index (χ4v) is 4.52. The molecule has 1 aliphatic rings. The highest BCUT2D eigenvalue weighted by molar-refractivity contribution is 5.94. The molecule has 0 aliphatic carbocycles. The van der Waals surface area contributed by atoms with Crippen LogP contribution in [-0.4, -0.2) is 48.8 Å². The first kappa shape index (κ1) is 22.7. The maximum absolute atomic E-state index is 13.7. The van der Waals surface area contributed by atoms with Gasteiger partial charge >= 0.3 is 5.97 Å². The average molecular weight is 469 g/mol. The molecule has 1 aromatic heterocycles. The number of carbonyl (C=O) groups excluding carboxylic acids is 1. The van der Waals surface area contributed by atoms with Gasteiger partial charge in [-0.1, -0.05) is 48.0 Å². The molecule has 0 bridgehead atoms. The van der Waals surface area contributed by atoms with Gasteiger partial charge in [0.25, 0.3) is 5.56 Å². The number of anilines is 2. The molecule has 1 fully saturated rings. The van der Waals surface area contributed by atoms with E-state index >= 15 is 0 Å². The number of methoxy groups -OCH3 is 1. The summed E-state index contributed by atoms with van der Waals surface area (Å²) in [5, 5.41) is 0.483. The molecule has 3 aromatic carbocycles. The van der Waals surface area contributed by atoms with E-state index in [2.05, 4.69) is 34.1 Å². The number of fused-ring (bicyclic) bond motifs is 1. The van der Waals surface area contributed by atoms with Crippen molar-refractivity contribution in [3.63, 3.8) is 0 Å². The van der Waals surface area contributed by atoms with Crippen LogP contribution >= 0.6 is 0 Å². The quantitative estimate of drug-likeness (QED) is 0.415. The Balaban J connectivity index is 1.54. The summed E-state index contributed by atoms with van der Waals surface area (Å²) in [5.41, 5.74) is 4.16. The minimum absolute atomic E-state index is 0.118. The van der Waals surface area contributed by atoms with Crippen molar-refractivity contribution in [1.29, 1.82) is 0 Å². The summed E-state index contributed by atoms with van der Waals surface area (Å²) in [6, 6.07) is 23.5. The van der Waals surface area contributed by atoms with Crippen LogP contribution in [0, 0.1) is 6.92 Å². The topological polar surface area (TPSA) is 67.7 Å². The maximum Gasteiger partial charge on any atom is 0.337 e. The molecule has 0 atom stereocenters. The van der Waals surface area contributed by atoms with Gasteiger partial charge in [0.05, 0.1) is 30.1 Å². The smallest absolute Gasteiger partial charge is 0.337 e. The highest BCUT2D eigenvalue weighted by Gasteiger charge is 2.23. The van der Waals surface area contributed by atoms with E-state index in [0.717, 1.165) is 31.7 Å². The zero-order valence-electron chi connectivity index (χ0n) is 20.0. The number of benzene rings is 3. The Kier molecular flexibility index (Phi) is 6.23. The fourth-order valence-electron chi connectivity index (χ4n) is 4.52. The van der Waals surface area contributed by atoms with Crippen LogP contribution in [0.3, 0.4) is 0 Å². The standard InChI is InChI=1S/C28H28N4O3/c1-20-8-10-21(11-9-20)19-32-26(33)24-13-12-22(27(34)35-2)18-25(24)29-28(32)31-16-14-30(15-17-31)23-6-4-3-5-7-23/h3-13,18H,14-17,19H2,1-2H3. The number of nitrogens with zero attached hydrogens (tertiary/aromatic N) is 4. The maximum atomic E-state index is 13.7. The summed E-state index contributed by atoms with van der Waals surface area (Å²) < 4.78 is 6.62. The normalized spacial score (nSPS) is 13.8. The Morgan fingerprint density at radius 1 is 0.914 bits per heavy atom. The van der Waals surface area contributed by atoms with E-state index in [4.69, 9.17) is 9.72 Å². The van der Waals surface area contributed by atoms with Crippen molar-refractivity contribution in [3.05, 3.63) is 99.8 Å². The summed E-state index contributed by atoms with van der Waals surface area (Å²) >= 11 is 0. The Bertz CT molecular complexity index is 1410. The summed E-state index contributed by atoms with van der Waals surface area (Å²) in [6.45, 7) is 5.59. The van der Waals surface area contributed by atoms with Gasteiger partial charge in [-0.15, -0.1) is 0 Å². The van der Waals surface area contributed by atoms with Crippen molar-refractivity contribution >= 4 is 28.5 Å². The first-order chi connectivity index (χ1) is 17.0. The molecule has 0 spiro atoms. The molecular formula is C28H28N4O3. The third-order valence-electron chi connectivity index (χ3n) is 6.50. The van der Waals surface area contributed by atoms with E-state index in [9.17, 15) is 9.59 Å². The molecule has 5 rings (SSSR count). The van der Waals surface area contributed by atoms with E-state index in [1.807, 2.05) is 37.3 Å². The number of aromatic nitrogens is 2. The number of hydrogen-bond donors (Lipinski definition) is 0. The number of esters is 1. The fraction of sp³-hybridized carbons (Fsp3) is 0.250. The van der Waals surface area contributed by atoms with Gasteiger partial charge in [0.2, 0.25) is 5.95 Å². The van der Waals surface area contributed by atoms with Crippen LogP contribution in [0.2, 0.25) is 0 Å². The van der Waals surface area contributed by atoms with Crippen LogP contribution in [0.15, 0.2) is 77.6 Å². The molecule has 178 valence electrons. The number of ether oxygens (including phenoxy) is 1. The lowest BCUT2D eigenvalue weighted by Gasteiger charge is -2.37.